The van der Waals surface area contributed by atoms with Gasteiger partial charge in [0.2, 0.25) is 0 Å². The topological polar surface area (TPSA) is 57.9 Å². The lowest BCUT2D eigenvalue weighted by Gasteiger charge is -2.11. The molecule has 15 heavy (non-hydrogen) atoms. The molecular formula is C11H15N3O. The molecule has 0 amide bonds. The van der Waals surface area contributed by atoms with Gasteiger partial charge in [0.15, 0.2) is 0 Å². The minimum atomic E-state index is 0.419. The molecule has 0 aliphatic carbocycles. The third-order valence-electron chi connectivity index (χ3n) is 1.97. The van der Waals surface area contributed by atoms with Gasteiger partial charge in [0, 0.05) is 19.9 Å². The molecule has 1 rings (SSSR count). The highest BCUT2D eigenvalue weighted by molar-refractivity contribution is 5.42. The fourth-order valence-corrected chi connectivity index (χ4v) is 1.22. The van der Waals surface area contributed by atoms with Gasteiger partial charge in [0.1, 0.15) is 5.82 Å². The van der Waals surface area contributed by atoms with Crippen LogP contribution in [0.15, 0.2) is 18.3 Å². The predicted octanol–water partition coefficient (Wildman–Crippen LogP) is 1.65. The number of nitriles is 1. The van der Waals surface area contributed by atoms with Crippen LogP contribution in [0.25, 0.3) is 0 Å². The van der Waals surface area contributed by atoms with Crippen molar-refractivity contribution in [1.82, 2.24) is 4.98 Å². The highest BCUT2D eigenvalue weighted by Crippen LogP contribution is 2.06. The molecule has 1 heterocycles. The molecule has 80 valence electrons. The molecule has 1 aromatic heterocycles. The number of methoxy groups -OCH3 is 1. The zero-order valence-corrected chi connectivity index (χ0v) is 9.03. The Labute approximate surface area is 89.9 Å². The van der Waals surface area contributed by atoms with Crippen LogP contribution in [-0.2, 0) is 4.74 Å². The molecule has 4 nitrogen and oxygen atoms in total. The van der Waals surface area contributed by atoms with E-state index in [9.17, 15) is 0 Å². The number of hydrogen-bond acceptors (Lipinski definition) is 4. The van der Waals surface area contributed by atoms with Crippen LogP contribution >= 0.6 is 0 Å². The fraction of sp³-hybridized carbons (Fsp3) is 0.455. The van der Waals surface area contributed by atoms with E-state index in [-0.39, 0.29) is 0 Å². The van der Waals surface area contributed by atoms with E-state index in [1.54, 1.807) is 25.4 Å². The standard InChI is InChI=1S/C11H15N3O/c1-9(8-15-2)7-14-11-5-10(6-12)3-4-13-11/h3-5,9H,7-8H2,1-2H3,(H,13,14). The molecular weight excluding hydrogens is 190 g/mol. The van der Waals surface area contributed by atoms with E-state index in [2.05, 4.69) is 23.3 Å². The first-order valence-electron chi connectivity index (χ1n) is 4.85. The SMILES string of the molecule is COCC(C)CNc1cc(C#N)ccn1. The lowest BCUT2D eigenvalue weighted by Crippen LogP contribution is -2.16. The van der Waals surface area contributed by atoms with Crippen LogP contribution < -0.4 is 5.32 Å². The van der Waals surface area contributed by atoms with Gasteiger partial charge in [-0.15, -0.1) is 0 Å². The highest BCUT2D eigenvalue weighted by atomic mass is 16.5. The first kappa shape index (κ1) is 11.5. The Morgan fingerprint density at radius 2 is 2.47 bits per heavy atom. The molecule has 1 unspecified atom stereocenters. The van der Waals surface area contributed by atoms with Crippen LogP contribution in [-0.4, -0.2) is 25.2 Å². The maximum Gasteiger partial charge on any atom is 0.127 e. The minimum Gasteiger partial charge on any atom is -0.384 e. The van der Waals surface area contributed by atoms with Crippen molar-refractivity contribution in [2.75, 3.05) is 25.6 Å². The summed E-state index contributed by atoms with van der Waals surface area (Å²) in [6, 6.07) is 5.50. The maximum absolute atomic E-state index is 8.70. The average Bonchev–Trinajstić information content (AvgIpc) is 2.27. The Kier molecular flexibility index (Phi) is 4.58. The fourth-order valence-electron chi connectivity index (χ4n) is 1.22. The Morgan fingerprint density at radius 3 is 3.13 bits per heavy atom. The highest BCUT2D eigenvalue weighted by Gasteiger charge is 2.01. The van der Waals surface area contributed by atoms with Gasteiger partial charge < -0.3 is 10.1 Å². The third-order valence-corrected chi connectivity index (χ3v) is 1.97. The zero-order chi connectivity index (χ0) is 11.1. The number of rotatable bonds is 5. The second-order valence-electron chi connectivity index (χ2n) is 3.48. The largest absolute Gasteiger partial charge is 0.384 e. The zero-order valence-electron chi connectivity index (χ0n) is 9.03. The first-order chi connectivity index (χ1) is 7.26. The Bertz CT molecular complexity index is 346. The first-order valence-corrected chi connectivity index (χ1v) is 4.85. The number of nitrogens with zero attached hydrogens (tertiary/aromatic N) is 2. The number of aromatic nitrogens is 1. The molecule has 0 saturated carbocycles. The summed E-state index contributed by atoms with van der Waals surface area (Å²) < 4.78 is 5.02. The van der Waals surface area contributed by atoms with Gasteiger partial charge >= 0.3 is 0 Å². The van der Waals surface area contributed by atoms with Crippen molar-refractivity contribution in [2.24, 2.45) is 5.92 Å². The van der Waals surface area contributed by atoms with Crippen molar-refractivity contribution in [3.05, 3.63) is 23.9 Å². The van der Waals surface area contributed by atoms with E-state index in [1.807, 2.05) is 0 Å². The number of pyridine rings is 1. The van der Waals surface area contributed by atoms with Gasteiger partial charge in [-0.2, -0.15) is 5.26 Å². The van der Waals surface area contributed by atoms with Crippen molar-refractivity contribution in [1.29, 1.82) is 5.26 Å². The summed E-state index contributed by atoms with van der Waals surface area (Å²) in [5.74, 6) is 1.15. The summed E-state index contributed by atoms with van der Waals surface area (Å²) in [4.78, 5) is 4.12. The normalized spacial score (nSPS) is 11.8. The molecule has 1 atom stereocenters. The van der Waals surface area contributed by atoms with Gasteiger partial charge in [-0.05, 0) is 18.1 Å². The molecule has 0 saturated heterocycles. The summed E-state index contributed by atoms with van der Waals surface area (Å²) >= 11 is 0. The maximum atomic E-state index is 8.70. The van der Waals surface area contributed by atoms with Crippen LogP contribution in [0.3, 0.4) is 0 Å². The van der Waals surface area contributed by atoms with Gasteiger partial charge in [0.25, 0.3) is 0 Å². The van der Waals surface area contributed by atoms with E-state index in [0.29, 0.717) is 18.1 Å². The lowest BCUT2D eigenvalue weighted by molar-refractivity contribution is 0.164. The molecule has 0 radical (unpaired) electrons. The molecule has 0 fully saturated rings. The van der Waals surface area contributed by atoms with E-state index in [4.69, 9.17) is 10.00 Å². The van der Waals surface area contributed by atoms with Crippen molar-refractivity contribution >= 4 is 5.82 Å². The molecule has 0 aliphatic rings. The number of nitrogens with one attached hydrogen (secondary N) is 1. The summed E-state index contributed by atoms with van der Waals surface area (Å²) in [7, 11) is 1.69. The number of anilines is 1. The van der Waals surface area contributed by atoms with E-state index in [0.717, 1.165) is 12.4 Å². The van der Waals surface area contributed by atoms with Crippen LogP contribution in [0.4, 0.5) is 5.82 Å². The van der Waals surface area contributed by atoms with Gasteiger partial charge in [-0.3, -0.25) is 0 Å². The Balaban J connectivity index is 2.47. The molecule has 1 N–H and O–H groups in total. The van der Waals surface area contributed by atoms with E-state index < -0.39 is 0 Å². The summed E-state index contributed by atoms with van der Waals surface area (Å²) in [5, 5.41) is 11.9. The molecule has 0 aromatic carbocycles. The van der Waals surface area contributed by atoms with Crippen LogP contribution in [0.1, 0.15) is 12.5 Å². The monoisotopic (exact) mass is 205 g/mol. The minimum absolute atomic E-state index is 0.419. The molecule has 0 bridgehead atoms. The van der Waals surface area contributed by atoms with Gasteiger partial charge in [-0.1, -0.05) is 6.92 Å². The molecule has 0 aliphatic heterocycles. The van der Waals surface area contributed by atoms with Gasteiger partial charge in [0.05, 0.1) is 18.2 Å². The van der Waals surface area contributed by atoms with Gasteiger partial charge in [-0.25, -0.2) is 4.98 Å². The molecule has 1 aromatic rings. The second-order valence-corrected chi connectivity index (χ2v) is 3.48. The van der Waals surface area contributed by atoms with Crippen LogP contribution in [0, 0.1) is 17.2 Å². The van der Waals surface area contributed by atoms with E-state index >= 15 is 0 Å². The number of ether oxygens (including phenoxy) is 1. The average molecular weight is 205 g/mol. The summed E-state index contributed by atoms with van der Waals surface area (Å²) in [5.41, 5.74) is 0.617. The lowest BCUT2D eigenvalue weighted by atomic mass is 10.2. The Hall–Kier alpha value is -1.60. The van der Waals surface area contributed by atoms with E-state index in [1.165, 1.54) is 0 Å². The summed E-state index contributed by atoms with van der Waals surface area (Å²) in [6.45, 7) is 3.59. The van der Waals surface area contributed by atoms with Crippen LogP contribution in [0.5, 0.6) is 0 Å². The second kappa shape index (κ2) is 5.99. The van der Waals surface area contributed by atoms with Crippen molar-refractivity contribution in [3.63, 3.8) is 0 Å². The van der Waals surface area contributed by atoms with Crippen molar-refractivity contribution in [2.45, 2.75) is 6.92 Å². The predicted molar refractivity (Wildman–Crippen MR) is 58.5 cm³/mol. The van der Waals surface area contributed by atoms with Crippen LogP contribution in [0.2, 0.25) is 0 Å². The number of hydrogen-bond donors (Lipinski definition) is 1. The summed E-state index contributed by atoms with van der Waals surface area (Å²) in [6.07, 6.45) is 1.63. The van der Waals surface area contributed by atoms with Crippen molar-refractivity contribution in [3.8, 4) is 6.07 Å². The van der Waals surface area contributed by atoms with Crippen molar-refractivity contribution < 1.29 is 4.74 Å². The Morgan fingerprint density at radius 1 is 1.67 bits per heavy atom. The third kappa shape index (κ3) is 3.96. The quantitative estimate of drug-likeness (QED) is 0.794. The molecule has 4 heteroatoms. The smallest absolute Gasteiger partial charge is 0.127 e. The molecule has 0 spiro atoms.